The van der Waals surface area contributed by atoms with Gasteiger partial charge in [-0.15, -0.1) is 0 Å². The fourth-order valence-electron chi connectivity index (χ4n) is 2.09. The lowest BCUT2D eigenvalue weighted by molar-refractivity contribution is 0.748. The molecule has 0 saturated heterocycles. The van der Waals surface area contributed by atoms with Crippen LogP contribution in [0.15, 0.2) is 46.9 Å². The topological polar surface area (TPSA) is 12.0 Å². The fourth-order valence-corrected chi connectivity index (χ4v) is 2.60. The Balaban J connectivity index is 2.22. The van der Waals surface area contributed by atoms with Gasteiger partial charge in [0.25, 0.3) is 0 Å². The van der Waals surface area contributed by atoms with Crippen LogP contribution in [0.1, 0.15) is 30.5 Å². The van der Waals surface area contributed by atoms with Crippen LogP contribution < -0.4 is 5.32 Å². The SMILES string of the molecule is CC[C@@H](Nc1cccc(Br)c1)c1ccc(Cl)c(C)c1. The maximum atomic E-state index is 6.08. The first-order valence-corrected chi connectivity index (χ1v) is 7.55. The minimum absolute atomic E-state index is 0.297. The van der Waals surface area contributed by atoms with E-state index in [0.717, 1.165) is 27.2 Å². The third-order valence-electron chi connectivity index (χ3n) is 3.16. The first kappa shape index (κ1) is 14.4. The molecule has 1 atom stereocenters. The highest BCUT2D eigenvalue weighted by molar-refractivity contribution is 9.10. The molecule has 1 N–H and O–H groups in total. The van der Waals surface area contributed by atoms with Gasteiger partial charge in [0.2, 0.25) is 0 Å². The molecular weight excluding hydrogens is 322 g/mol. The predicted molar refractivity (Wildman–Crippen MR) is 87.0 cm³/mol. The maximum Gasteiger partial charge on any atom is 0.0511 e. The van der Waals surface area contributed by atoms with E-state index in [4.69, 9.17) is 11.6 Å². The number of nitrogens with one attached hydrogen (secondary N) is 1. The lowest BCUT2D eigenvalue weighted by Crippen LogP contribution is -2.09. The van der Waals surface area contributed by atoms with Gasteiger partial charge in [-0.25, -0.2) is 0 Å². The summed E-state index contributed by atoms with van der Waals surface area (Å²) in [4.78, 5) is 0. The van der Waals surface area contributed by atoms with Crippen molar-refractivity contribution in [3.05, 3.63) is 63.1 Å². The second kappa shape index (κ2) is 6.44. The zero-order chi connectivity index (χ0) is 13.8. The van der Waals surface area contributed by atoms with Crippen LogP contribution in [0.4, 0.5) is 5.69 Å². The number of anilines is 1. The number of hydrogen-bond acceptors (Lipinski definition) is 1. The van der Waals surface area contributed by atoms with Crippen LogP contribution in [0.5, 0.6) is 0 Å². The summed E-state index contributed by atoms with van der Waals surface area (Å²) in [5.41, 5.74) is 3.51. The number of benzene rings is 2. The van der Waals surface area contributed by atoms with E-state index in [1.165, 1.54) is 5.56 Å². The highest BCUT2D eigenvalue weighted by Gasteiger charge is 2.10. The Morgan fingerprint density at radius 1 is 1.21 bits per heavy atom. The van der Waals surface area contributed by atoms with Crippen molar-refractivity contribution in [1.29, 1.82) is 0 Å². The van der Waals surface area contributed by atoms with Crippen molar-refractivity contribution in [3.63, 3.8) is 0 Å². The third kappa shape index (κ3) is 3.74. The van der Waals surface area contributed by atoms with Crippen LogP contribution in [0.2, 0.25) is 5.02 Å². The van der Waals surface area contributed by atoms with Crippen LogP contribution in [0.25, 0.3) is 0 Å². The molecule has 0 aliphatic heterocycles. The fraction of sp³-hybridized carbons (Fsp3) is 0.250. The number of hydrogen-bond donors (Lipinski definition) is 1. The van der Waals surface area contributed by atoms with Crippen molar-refractivity contribution < 1.29 is 0 Å². The first-order valence-electron chi connectivity index (χ1n) is 6.38. The summed E-state index contributed by atoms with van der Waals surface area (Å²) in [5.74, 6) is 0. The normalized spacial score (nSPS) is 12.2. The van der Waals surface area contributed by atoms with Crippen LogP contribution in [-0.2, 0) is 0 Å². The Kier molecular flexibility index (Phi) is 4.89. The zero-order valence-electron chi connectivity index (χ0n) is 11.1. The maximum absolute atomic E-state index is 6.08. The molecule has 0 bridgehead atoms. The molecule has 0 radical (unpaired) electrons. The molecule has 2 aromatic rings. The van der Waals surface area contributed by atoms with Gasteiger partial charge in [0, 0.05) is 15.2 Å². The summed E-state index contributed by atoms with van der Waals surface area (Å²) < 4.78 is 1.08. The molecule has 3 heteroatoms. The van der Waals surface area contributed by atoms with Crippen molar-refractivity contribution in [2.75, 3.05) is 5.32 Å². The first-order chi connectivity index (χ1) is 9.10. The molecule has 0 heterocycles. The minimum Gasteiger partial charge on any atom is -0.378 e. The largest absolute Gasteiger partial charge is 0.378 e. The molecule has 0 saturated carbocycles. The molecule has 0 aliphatic rings. The molecule has 2 rings (SSSR count). The Morgan fingerprint density at radius 2 is 2.00 bits per heavy atom. The summed E-state index contributed by atoms with van der Waals surface area (Å²) >= 11 is 9.58. The van der Waals surface area contributed by atoms with Gasteiger partial charge in [-0.1, -0.05) is 52.7 Å². The van der Waals surface area contributed by atoms with Gasteiger partial charge in [0.15, 0.2) is 0 Å². The van der Waals surface area contributed by atoms with Crippen LogP contribution in [0.3, 0.4) is 0 Å². The molecule has 0 aliphatic carbocycles. The van der Waals surface area contributed by atoms with Gasteiger partial charge in [-0.3, -0.25) is 0 Å². The van der Waals surface area contributed by atoms with Crippen molar-refractivity contribution >= 4 is 33.2 Å². The van der Waals surface area contributed by atoms with Crippen LogP contribution in [0, 0.1) is 6.92 Å². The lowest BCUT2D eigenvalue weighted by atomic mass is 10.0. The second-order valence-electron chi connectivity index (χ2n) is 4.62. The Morgan fingerprint density at radius 3 is 2.63 bits per heavy atom. The van der Waals surface area contributed by atoms with Crippen molar-refractivity contribution in [3.8, 4) is 0 Å². The average Bonchev–Trinajstić information content (AvgIpc) is 2.39. The molecule has 0 fully saturated rings. The van der Waals surface area contributed by atoms with Gasteiger partial charge in [0.1, 0.15) is 0 Å². The number of halogens is 2. The molecule has 100 valence electrons. The Labute approximate surface area is 128 Å². The van der Waals surface area contributed by atoms with Crippen molar-refractivity contribution in [2.24, 2.45) is 0 Å². The van der Waals surface area contributed by atoms with E-state index < -0.39 is 0 Å². The molecular formula is C16H17BrClN. The average molecular weight is 339 g/mol. The smallest absolute Gasteiger partial charge is 0.0511 e. The predicted octanol–water partition coefficient (Wildman–Crippen LogP) is 5.97. The molecule has 19 heavy (non-hydrogen) atoms. The van der Waals surface area contributed by atoms with E-state index in [9.17, 15) is 0 Å². The Bertz CT molecular complexity index is 568. The summed E-state index contributed by atoms with van der Waals surface area (Å²) in [5, 5.41) is 4.38. The highest BCUT2D eigenvalue weighted by atomic mass is 79.9. The molecule has 0 amide bonds. The van der Waals surface area contributed by atoms with E-state index in [1.807, 2.05) is 25.1 Å². The second-order valence-corrected chi connectivity index (χ2v) is 5.95. The molecule has 0 spiro atoms. The standard InChI is InChI=1S/C16H17BrClN/c1-3-16(12-7-8-15(18)11(2)9-12)19-14-6-4-5-13(17)10-14/h4-10,16,19H,3H2,1-2H3/t16-/m1/s1. The van der Waals surface area contributed by atoms with E-state index in [2.05, 4.69) is 52.4 Å². The molecule has 1 nitrogen and oxygen atoms in total. The molecule has 2 aromatic carbocycles. The summed E-state index contributed by atoms with van der Waals surface area (Å²) in [6.07, 6.45) is 1.02. The summed E-state index contributed by atoms with van der Waals surface area (Å²) in [7, 11) is 0. The number of aryl methyl sites for hydroxylation is 1. The van der Waals surface area contributed by atoms with Crippen LogP contribution >= 0.6 is 27.5 Å². The highest BCUT2D eigenvalue weighted by Crippen LogP contribution is 2.27. The van der Waals surface area contributed by atoms with Gasteiger partial charge in [0.05, 0.1) is 6.04 Å². The monoisotopic (exact) mass is 337 g/mol. The van der Waals surface area contributed by atoms with Gasteiger partial charge < -0.3 is 5.32 Å². The van der Waals surface area contributed by atoms with Crippen LogP contribution in [-0.4, -0.2) is 0 Å². The minimum atomic E-state index is 0.297. The van der Waals surface area contributed by atoms with Gasteiger partial charge >= 0.3 is 0 Å². The zero-order valence-corrected chi connectivity index (χ0v) is 13.4. The Hall–Kier alpha value is -0.990. The van der Waals surface area contributed by atoms with Crippen molar-refractivity contribution in [2.45, 2.75) is 26.3 Å². The molecule has 0 unspecified atom stereocenters. The third-order valence-corrected chi connectivity index (χ3v) is 4.08. The molecule has 0 aromatic heterocycles. The quantitative estimate of drug-likeness (QED) is 0.723. The lowest BCUT2D eigenvalue weighted by Gasteiger charge is -2.19. The summed E-state index contributed by atoms with van der Waals surface area (Å²) in [6.45, 7) is 4.22. The van der Waals surface area contributed by atoms with E-state index in [1.54, 1.807) is 0 Å². The van der Waals surface area contributed by atoms with Crippen molar-refractivity contribution in [1.82, 2.24) is 0 Å². The van der Waals surface area contributed by atoms with E-state index >= 15 is 0 Å². The summed E-state index contributed by atoms with van der Waals surface area (Å²) in [6, 6.07) is 14.7. The van der Waals surface area contributed by atoms with Gasteiger partial charge in [-0.2, -0.15) is 0 Å². The number of rotatable bonds is 4. The van der Waals surface area contributed by atoms with Gasteiger partial charge in [-0.05, 0) is 48.7 Å². The van der Waals surface area contributed by atoms with E-state index in [-0.39, 0.29) is 0 Å². The van der Waals surface area contributed by atoms with E-state index in [0.29, 0.717) is 6.04 Å².